The predicted octanol–water partition coefficient (Wildman–Crippen LogP) is 11.6. The maximum absolute atomic E-state index is 5.37. The van der Waals surface area contributed by atoms with Crippen LogP contribution in [0, 0.1) is 0 Å². The average molecular weight is 664 g/mol. The van der Waals surface area contributed by atoms with Crippen molar-refractivity contribution in [1.29, 1.82) is 0 Å². The van der Waals surface area contributed by atoms with Gasteiger partial charge in [0.25, 0.3) is 0 Å². The summed E-state index contributed by atoms with van der Waals surface area (Å²) in [6.07, 6.45) is 1.85. The number of aromatic nitrogens is 5. The molecule has 0 spiro atoms. The second-order valence-corrected chi connectivity index (χ2v) is 12.9. The first-order valence-corrected chi connectivity index (χ1v) is 17.3. The molecule has 0 saturated heterocycles. The average Bonchev–Trinajstić information content (AvgIpc) is 3.23. The van der Waals surface area contributed by atoms with Crippen molar-refractivity contribution in [1.82, 2.24) is 24.9 Å². The van der Waals surface area contributed by atoms with E-state index in [4.69, 9.17) is 24.9 Å². The van der Waals surface area contributed by atoms with Gasteiger partial charge in [-0.1, -0.05) is 140 Å². The highest BCUT2D eigenvalue weighted by Crippen LogP contribution is 2.40. The molecular weight excluding hydrogens is 635 g/mol. The molecule has 5 nitrogen and oxygen atoms in total. The predicted molar refractivity (Wildman–Crippen MR) is 213 cm³/mol. The first kappa shape index (κ1) is 29.8. The summed E-state index contributed by atoms with van der Waals surface area (Å²) in [6, 6.07) is 58.6. The molecule has 7 aromatic carbocycles. The van der Waals surface area contributed by atoms with E-state index in [-0.39, 0.29) is 0 Å². The summed E-state index contributed by atoms with van der Waals surface area (Å²) < 4.78 is 0. The Bertz CT molecular complexity index is 2880. The summed E-state index contributed by atoms with van der Waals surface area (Å²) >= 11 is 0. The maximum Gasteiger partial charge on any atom is 0.164 e. The van der Waals surface area contributed by atoms with Crippen LogP contribution in [0.5, 0.6) is 0 Å². The highest BCUT2D eigenvalue weighted by Gasteiger charge is 2.19. The zero-order valence-electron chi connectivity index (χ0n) is 28.0. The van der Waals surface area contributed by atoms with E-state index in [9.17, 15) is 0 Å². The lowest BCUT2D eigenvalue weighted by Gasteiger charge is -2.16. The molecule has 0 fully saturated rings. The molecule has 3 heterocycles. The van der Waals surface area contributed by atoms with Crippen molar-refractivity contribution in [2.45, 2.75) is 0 Å². The minimum atomic E-state index is 0.583. The van der Waals surface area contributed by atoms with E-state index >= 15 is 0 Å². The number of nitrogens with zero attached hydrogens (tertiary/aromatic N) is 5. The van der Waals surface area contributed by atoms with Crippen molar-refractivity contribution in [2.24, 2.45) is 0 Å². The van der Waals surface area contributed by atoms with Gasteiger partial charge in [-0.3, -0.25) is 4.98 Å². The Balaban J connectivity index is 1.29. The third kappa shape index (κ3) is 5.15. The second-order valence-electron chi connectivity index (χ2n) is 12.9. The van der Waals surface area contributed by atoms with Crippen LogP contribution < -0.4 is 0 Å². The van der Waals surface area contributed by atoms with Gasteiger partial charge in [-0.25, -0.2) is 19.9 Å². The highest BCUT2D eigenvalue weighted by molar-refractivity contribution is 6.22. The van der Waals surface area contributed by atoms with E-state index in [0.29, 0.717) is 17.5 Å². The van der Waals surface area contributed by atoms with Crippen molar-refractivity contribution < 1.29 is 0 Å². The highest BCUT2D eigenvalue weighted by atomic mass is 15.0. The zero-order chi connectivity index (χ0) is 34.4. The fourth-order valence-corrected chi connectivity index (χ4v) is 7.27. The fourth-order valence-electron chi connectivity index (χ4n) is 7.27. The number of hydrogen-bond acceptors (Lipinski definition) is 5. The standard InChI is InChI=1S/C47H29N5/c1-3-14-32(15-4-1)45-50-46(33-16-5-2-6-17-33)52-47(51-45)36-28-34(38-22-11-18-31-19-12-26-48-43(31)38)27-35(29-36)44-40-25-24-30-13-7-8-20-37(30)42(40)39-21-9-10-23-41(39)49-44/h1-29H. The normalized spacial score (nSPS) is 11.5. The molecule has 0 atom stereocenters. The van der Waals surface area contributed by atoms with Crippen LogP contribution in [0.25, 0.3) is 99.9 Å². The lowest BCUT2D eigenvalue weighted by molar-refractivity contribution is 1.07. The first-order chi connectivity index (χ1) is 25.8. The smallest absolute Gasteiger partial charge is 0.164 e. The third-order valence-electron chi connectivity index (χ3n) is 9.70. The van der Waals surface area contributed by atoms with E-state index < -0.39 is 0 Å². The van der Waals surface area contributed by atoms with Gasteiger partial charge in [-0.2, -0.15) is 0 Å². The molecular formula is C47H29N5. The minimum Gasteiger partial charge on any atom is -0.256 e. The molecule has 0 unspecified atom stereocenters. The summed E-state index contributed by atoms with van der Waals surface area (Å²) in [6.45, 7) is 0. The largest absolute Gasteiger partial charge is 0.256 e. The van der Waals surface area contributed by atoms with E-state index in [1.807, 2.05) is 72.9 Å². The van der Waals surface area contributed by atoms with Gasteiger partial charge in [0.2, 0.25) is 0 Å². The van der Waals surface area contributed by atoms with Crippen LogP contribution in [0.15, 0.2) is 176 Å². The Morgan fingerprint density at radius 2 is 0.942 bits per heavy atom. The molecule has 0 aliphatic rings. The molecule has 0 N–H and O–H groups in total. The van der Waals surface area contributed by atoms with Crippen LogP contribution >= 0.6 is 0 Å². The number of fused-ring (bicyclic) bond motifs is 6. The van der Waals surface area contributed by atoms with Crippen LogP contribution in [0.2, 0.25) is 0 Å². The Labute approximate surface area is 300 Å². The van der Waals surface area contributed by atoms with Crippen LogP contribution in [-0.2, 0) is 0 Å². The molecule has 5 heteroatoms. The maximum atomic E-state index is 5.37. The van der Waals surface area contributed by atoms with Crippen LogP contribution in [-0.4, -0.2) is 24.9 Å². The van der Waals surface area contributed by atoms with E-state index in [2.05, 4.69) is 103 Å². The van der Waals surface area contributed by atoms with Crippen molar-refractivity contribution in [3.63, 3.8) is 0 Å². The molecule has 3 aromatic heterocycles. The van der Waals surface area contributed by atoms with Gasteiger partial charge in [0.15, 0.2) is 17.5 Å². The molecule has 242 valence electrons. The van der Waals surface area contributed by atoms with Crippen molar-refractivity contribution in [2.75, 3.05) is 0 Å². The van der Waals surface area contributed by atoms with Gasteiger partial charge in [-0.15, -0.1) is 0 Å². The fraction of sp³-hybridized carbons (Fsp3) is 0. The molecule has 0 radical (unpaired) electrons. The topological polar surface area (TPSA) is 64.5 Å². The Kier molecular flexibility index (Phi) is 7.07. The molecule has 10 rings (SSSR count). The number of hydrogen-bond donors (Lipinski definition) is 0. The SMILES string of the molecule is c1ccc(-c2nc(-c3ccccc3)nc(-c3cc(-c4nc5ccccc5c5c4ccc4ccccc45)cc(-c4cccc5cccnc45)c3)n2)cc1. The lowest BCUT2D eigenvalue weighted by Crippen LogP contribution is -2.01. The van der Waals surface area contributed by atoms with Gasteiger partial charge < -0.3 is 0 Å². The Morgan fingerprint density at radius 3 is 1.71 bits per heavy atom. The Morgan fingerprint density at radius 1 is 0.346 bits per heavy atom. The summed E-state index contributed by atoms with van der Waals surface area (Å²) in [5.41, 5.74) is 8.48. The summed E-state index contributed by atoms with van der Waals surface area (Å²) in [5, 5.41) is 6.88. The summed E-state index contributed by atoms with van der Waals surface area (Å²) in [5.74, 6) is 1.81. The van der Waals surface area contributed by atoms with Crippen LogP contribution in [0.4, 0.5) is 0 Å². The molecule has 0 aliphatic heterocycles. The zero-order valence-corrected chi connectivity index (χ0v) is 28.0. The van der Waals surface area contributed by atoms with Gasteiger partial charge in [-0.05, 0) is 46.7 Å². The molecule has 0 amide bonds. The van der Waals surface area contributed by atoms with E-state index in [1.54, 1.807) is 0 Å². The minimum absolute atomic E-state index is 0.583. The van der Waals surface area contributed by atoms with E-state index in [0.717, 1.165) is 66.3 Å². The quantitative estimate of drug-likeness (QED) is 0.171. The van der Waals surface area contributed by atoms with Gasteiger partial charge in [0.05, 0.1) is 16.7 Å². The summed E-state index contributed by atoms with van der Waals surface area (Å²) in [4.78, 5) is 25.4. The Hall–Kier alpha value is -7.11. The third-order valence-corrected chi connectivity index (χ3v) is 9.70. The number of benzene rings is 7. The number of pyridine rings is 2. The number of para-hydroxylation sites is 2. The van der Waals surface area contributed by atoms with Crippen molar-refractivity contribution in [3.05, 3.63) is 176 Å². The second kappa shape index (κ2) is 12.3. The first-order valence-electron chi connectivity index (χ1n) is 17.3. The number of rotatable bonds is 5. The van der Waals surface area contributed by atoms with Crippen LogP contribution in [0.3, 0.4) is 0 Å². The molecule has 10 aromatic rings. The molecule has 0 saturated carbocycles. The van der Waals surface area contributed by atoms with Gasteiger partial charge >= 0.3 is 0 Å². The monoisotopic (exact) mass is 663 g/mol. The summed E-state index contributed by atoms with van der Waals surface area (Å²) in [7, 11) is 0. The van der Waals surface area contributed by atoms with Gasteiger partial charge in [0, 0.05) is 55.6 Å². The van der Waals surface area contributed by atoms with Crippen molar-refractivity contribution >= 4 is 43.4 Å². The molecule has 52 heavy (non-hydrogen) atoms. The van der Waals surface area contributed by atoms with E-state index in [1.165, 1.54) is 16.2 Å². The molecule has 0 bridgehead atoms. The van der Waals surface area contributed by atoms with Gasteiger partial charge in [0.1, 0.15) is 0 Å². The molecule has 0 aliphatic carbocycles. The lowest BCUT2D eigenvalue weighted by atomic mass is 9.92. The van der Waals surface area contributed by atoms with Crippen LogP contribution in [0.1, 0.15) is 0 Å². The van der Waals surface area contributed by atoms with Crippen molar-refractivity contribution in [3.8, 4) is 56.5 Å².